The van der Waals surface area contributed by atoms with E-state index < -0.39 is 0 Å². The predicted octanol–water partition coefficient (Wildman–Crippen LogP) is 7.61. The van der Waals surface area contributed by atoms with E-state index in [0.717, 1.165) is 28.1 Å². The third kappa shape index (κ3) is 4.06. The van der Waals surface area contributed by atoms with Crippen LogP contribution < -0.4 is 0 Å². The highest BCUT2D eigenvalue weighted by Gasteiger charge is 2.18. The van der Waals surface area contributed by atoms with Gasteiger partial charge in [-0.05, 0) is 17.7 Å². The fourth-order valence-electron chi connectivity index (χ4n) is 2.74. The van der Waals surface area contributed by atoms with Crippen molar-refractivity contribution in [1.29, 1.82) is 0 Å². The molecule has 0 fully saturated rings. The summed E-state index contributed by atoms with van der Waals surface area (Å²) < 4.78 is 6.12. The first-order valence-electron chi connectivity index (χ1n) is 8.40. The first kappa shape index (κ1) is 18.2. The number of nitrogens with zero attached hydrogens (tertiary/aromatic N) is 1. The zero-order chi connectivity index (χ0) is 18.6. The standard InChI is InChI=1S/C22H15Cl2NOS/c23-18-12-7-13-19(24)17(18)14-27-22-25-20(15-8-3-1-4-9-15)21(26-22)16-10-5-2-6-11-16/h1-13H,14H2. The molecule has 0 bridgehead atoms. The number of oxazole rings is 1. The second kappa shape index (κ2) is 8.22. The Kier molecular flexibility index (Phi) is 5.53. The molecule has 1 aromatic heterocycles. The molecule has 3 aromatic carbocycles. The topological polar surface area (TPSA) is 26.0 Å². The predicted molar refractivity (Wildman–Crippen MR) is 113 cm³/mol. The molecule has 0 radical (unpaired) electrons. The Morgan fingerprint density at radius 1 is 0.741 bits per heavy atom. The maximum Gasteiger partial charge on any atom is 0.257 e. The van der Waals surface area contributed by atoms with E-state index in [1.165, 1.54) is 11.8 Å². The Hall–Kier alpha value is -2.20. The first-order valence-corrected chi connectivity index (χ1v) is 10.1. The zero-order valence-electron chi connectivity index (χ0n) is 14.2. The van der Waals surface area contributed by atoms with Gasteiger partial charge in [0.25, 0.3) is 5.22 Å². The van der Waals surface area contributed by atoms with E-state index in [-0.39, 0.29) is 0 Å². The molecule has 0 amide bonds. The number of thioether (sulfide) groups is 1. The Balaban J connectivity index is 1.69. The van der Waals surface area contributed by atoms with Crippen LogP contribution in [0.25, 0.3) is 22.6 Å². The Morgan fingerprint density at radius 3 is 1.96 bits per heavy atom. The van der Waals surface area contributed by atoms with Crippen molar-refractivity contribution in [3.63, 3.8) is 0 Å². The molecule has 2 nitrogen and oxygen atoms in total. The summed E-state index contributed by atoms with van der Waals surface area (Å²) in [5.41, 5.74) is 3.72. The quantitative estimate of drug-likeness (QED) is 0.316. The van der Waals surface area contributed by atoms with Crippen molar-refractivity contribution < 1.29 is 4.42 Å². The van der Waals surface area contributed by atoms with Crippen molar-refractivity contribution in [3.8, 4) is 22.6 Å². The zero-order valence-corrected chi connectivity index (χ0v) is 16.6. The van der Waals surface area contributed by atoms with Gasteiger partial charge in [0, 0.05) is 26.9 Å². The third-order valence-electron chi connectivity index (χ3n) is 4.09. The van der Waals surface area contributed by atoms with Crippen molar-refractivity contribution >= 4 is 35.0 Å². The number of benzene rings is 3. The Bertz CT molecular complexity index is 971. The molecule has 27 heavy (non-hydrogen) atoms. The summed E-state index contributed by atoms with van der Waals surface area (Å²) in [7, 11) is 0. The molecule has 0 aliphatic heterocycles. The summed E-state index contributed by atoms with van der Waals surface area (Å²) in [6, 6.07) is 25.6. The highest BCUT2D eigenvalue weighted by Crippen LogP contribution is 2.37. The maximum absolute atomic E-state index is 6.28. The van der Waals surface area contributed by atoms with Crippen LogP contribution in [0.2, 0.25) is 10.0 Å². The Morgan fingerprint density at radius 2 is 1.33 bits per heavy atom. The van der Waals surface area contributed by atoms with Gasteiger partial charge in [-0.1, -0.05) is 102 Å². The molecule has 1 heterocycles. The van der Waals surface area contributed by atoms with Crippen LogP contribution >= 0.6 is 35.0 Å². The van der Waals surface area contributed by atoms with Crippen LogP contribution in [0.5, 0.6) is 0 Å². The minimum Gasteiger partial charge on any atom is -0.431 e. The van der Waals surface area contributed by atoms with Crippen LogP contribution in [0.1, 0.15) is 5.56 Å². The molecule has 4 rings (SSSR count). The lowest BCUT2D eigenvalue weighted by Crippen LogP contribution is -1.85. The van der Waals surface area contributed by atoms with Gasteiger partial charge in [-0.2, -0.15) is 0 Å². The largest absolute Gasteiger partial charge is 0.431 e. The number of hydrogen-bond acceptors (Lipinski definition) is 3. The molecule has 0 aliphatic carbocycles. The van der Waals surface area contributed by atoms with E-state index in [2.05, 4.69) is 0 Å². The molecule has 0 atom stereocenters. The molecule has 0 saturated heterocycles. The SMILES string of the molecule is Clc1cccc(Cl)c1CSc1nc(-c2ccccc2)c(-c2ccccc2)o1. The van der Waals surface area contributed by atoms with Crippen LogP contribution in [0.4, 0.5) is 0 Å². The van der Waals surface area contributed by atoms with E-state index in [1.54, 1.807) is 0 Å². The first-order chi connectivity index (χ1) is 13.2. The summed E-state index contributed by atoms with van der Waals surface area (Å²) >= 11 is 14.0. The van der Waals surface area contributed by atoms with Crippen LogP contribution in [0.15, 0.2) is 88.5 Å². The highest BCUT2D eigenvalue weighted by atomic mass is 35.5. The summed E-state index contributed by atoms with van der Waals surface area (Å²) in [5, 5.41) is 1.88. The Labute approximate surface area is 172 Å². The molecule has 0 aliphatic rings. The van der Waals surface area contributed by atoms with Gasteiger partial charge < -0.3 is 4.42 Å². The van der Waals surface area contributed by atoms with E-state index in [9.17, 15) is 0 Å². The highest BCUT2D eigenvalue weighted by molar-refractivity contribution is 7.98. The fraction of sp³-hybridized carbons (Fsp3) is 0.0455. The number of rotatable bonds is 5. The van der Waals surface area contributed by atoms with Crippen molar-refractivity contribution in [2.45, 2.75) is 11.0 Å². The molecule has 4 aromatic rings. The molecule has 0 unspecified atom stereocenters. The molecule has 0 N–H and O–H groups in total. The number of halogens is 2. The summed E-state index contributed by atoms with van der Waals surface area (Å²) in [4.78, 5) is 4.74. The fourth-order valence-corrected chi connectivity index (χ4v) is 4.31. The summed E-state index contributed by atoms with van der Waals surface area (Å²) in [6.07, 6.45) is 0. The lowest BCUT2D eigenvalue weighted by molar-refractivity contribution is 0.466. The van der Waals surface area contributed by atoms with E-state index >= 15 is 0 Å². The molecular formula is C22H15Cl2NOS. The summed E-state index contributed by atoms with van der Waals surface area (Å²) in [6.45, 7) is 0. The molecule has 5 heteroatoms. The van der Waals surface area contributed by atoms with Gasteiger partial charge in [0.1, 0.15) is 5.69 Å². The lowest BCUT2D eigenvalue weighted by atomic mass is 10.1. The van der Waals surface area contributed by atoms with Crippen LogP contribution in [0.3, 0.4) is 0 Å². The van der Waals surface area contributed by atoms with Gasteiger partial charge in [-0.25, -0.2) is 4.98 Å². The second-order valence-electron chi connectivity index (χ2n) is 5.88. The van der Waals surface area contributed by atoms with Crippen molar-refractivity contribution in [1.82, 2.24) is 4.98 Å². The van der Waals surface area contributed by atoms with Gasteiger partial charge in [0.2, 0.25) is 0 Å². The molecule has 134 valence electrons. The van der Waals surface area contributed by atoms with Crippen molar-refractivity contribution in [2.24, 2.45) is 0 Å². The summed E-state index contributed by atoms with van der Waals surface area (Å²) in [5.74, 6) is 1.34. The molecular weight excluding hydrogens is 397 g/mol. The smallest absolute Gasteiger partial charge is 0.257 e. The average Bonchev–Trinajstić information content (AvgIpc) is 3.13. The van der Waals surface area contributed by atoms with Crippen LogP contribution in [-0.2, 0) is 5.75 Å². The van der Waals surface area contributed by atoms with E-state index in [1.807, 2.05) is 78.9 Å². The number of aromatic nitrogens is 1. The lowest BCUT2D eigenvalue weighted by Gasteiger charge is -2.04. The minimum absolute atomic E-state index is 0.585. The maximum atomic E-state index is 6.28. The average molecular weight is 412 g/mol. The van der Waals surface area contributed by atoms with Crippen molar-refractivity contribution in [3.05, 3.63) is 94.5 Å². The number of hydrogen-bond donors (Lipinski definition) is 0. The van der Waals surface area contributed by atoms with E-state index in [0.29, 0.717) is 21.0 Å². The van der Waals surface area contributed by atoms with Crippen molar-refractivity contribution in [2.75, 3.05) is 0 Å². The van der Waals surface area contributed by atoms with Crippen LogP contribution in [-0.4, -0.2) is 4.98 Å². The van der Waals surface area contributed by atoms with Gasteiger partial charge >= 0.3 is 0 Å². The molecule has 0 spiro atoms. The normalized spacial score (nSPS) is 10.9. The van der Waals surface area contributed by atoms with E-state index in [4.69, 9.17) is 32.6 Å². The van der Waals surface area contributed by atoms with Gasteiger partial charge in [-0.3, -0.25) is 0 Å². The monoisotopic (exact) mass is 411 g/mol. The molecule has 0 saturated carbocycles. The van der Waals surface area contributed by atoms with Gasteiger partial charge in [0.15, 0.2) is 5.76 Å². The minimum atomic E-state index is 0.585. The van der Waals surface area contributed by atoms with Crippen LogP contribution in [0, 0.1) is 0 Å². The van der Waals surface area contributed by atoms with Gasteiger partial charge in [0.05, 0.1) is 0 Å². The second-order valence-corrected chi connectivity index (χ2v) is 7.62. The third-order valence-corrected chi connectivity index (χ3v) is 5.66. The van der Waals surface area contributed by atoms with Gasteiger partial charge in [-0.15, -0.1) is 0 Å².